The Morgan fingerprint density at radius 2 is 1.68 bits per heavy atom. The second-order valence-electron chi connectivity index (χ2n) is 9.53. The van der Waals surface area contributed by atoms with E-state index in [9.17, 15) is 14.7 Å². The predicted octanol–water partition coefficient (Wildman–Crippen LogP) is 7.26. The Balaban J connectivity index is 0.000000497. The molecule has 1 saturated heterocycles. The molecule has 1 aliphatic heterocycles. The van der Waals surface area contributed by atoms with Crippen LogP contribution in [0, 0.1) is 18.8 Å². The summed E-state index contributed by atoms with van der Waals surface area (Å²) < 4.78 is 0. The number of thioether (sulfide) groups is 1. The normalized spacial score (nSPS) is 19.1. The van der Waals surface area contributed by atoms with Crippen LogP contribution in [0.4, 0.5) is 0 Å². The lowest BCUT2D eigenvalue weighted by molar-refractivity contribution is -0.151. The zero-order chi connectivity index (χ0) is 25.3. The van der Waals surface area contributed by atoms with Crippen molar-refractivity contribution in [3.8, 4) is 0 Å². The van der Waals surface area contributed by atoms with Gasteiger partial charge >= 0.3 is 5.97 Å². The summed E-state index contributed by atoms with van der Waals surface area (Å²) in [6.45, 7) is 10.7. The number of nitrogens with zero attached hydrogens (tertiary/aromatic N) is 1. The first-order chi connectivity index (χ1) is 16.1. The van der Waals surface area contributed by atoms with Crippen LogP contribution in [0.3, 0.4) is 0 Å². The molecule has 0 aromatic heterocycles. The summed E-state index contributed by atoms with van der Waals surface area (Å²) in [6, 6.07) is 18.0. The minimum atomic E-state index is -0.907. The van der Waals surface area contributed by atoms with Crippen molar-refractivity contribution in [2.45, 2.75) is 71.2 Å². The number of likely N-dealkylation sites (tertiary alicyclic amines) is 1. The lowest BCUT2D eigenvalue weighted by atomic mass is 9.84. The van der Waals surface area contributed by atoms with Gasteiger partial charge in [-0.1, -0.05) is 87.3 Å². The summed E-state index contributed by atoms with van der Waals surface area (Å²) in [5, 5.41) is 10.4. The molecule has 0 spiro atoms. The molecule has 3 rings (SSSR count). The first-order valence-electron chi connectivity index (χ1n) is 12.0. The molecule has 4 nitrogen and oxygen atoms in total. The van der Waals surface area contributed by atoms with Gasteiger partial charge in [-0.15, -0.1) is 0 Å². The third-order valence-electron chi connectivity index (χ3n) is 6.07. The average molecular weight is 504 g/mol. The van der Waals surface area contributed by atoms with Gasteiger partial charge in [-0.2, -0.15) is 11.8 Å². The summed E-state index contributed by atoms with van der Waals surface area (Å²) in [6.07, 6.45) is 1.29. The molecule has 34 heavy (non-hydrogen) atoms. The number of hydrogen-bond donors (Lipinski definition) is 1. The van der Waals surface area contributed by atoms with E-state index in [4.69, 9.17) is 11.6 Å². The van der Waals surface area contributed by atoms with Gasteiger partial charge in [-0.3, -0.25) is 9.59 Å². The molecule has 3 unspecified atom stereocenters. The van der Waals surface area contributed by atoms with Crippen molar-refractivity contribution in [1.82, 2.24) is 4.90 Å². The highest BCUT2D eigenvalue weighted by Crippen LogP contribution is 2.39. The minimum absolute atomic E-state index is 0.0216. The number of amides is 1. The third-order valence-corrected chi connectivity index (χ3v) is 7.52. The topological polar surface area (TPSA) is 57.6 Å². The van der Waals surface area contributed by atoms with Gasteiger partial charge in [-0.25, -0.2) is 0 Å². The first-order valence-corrected chi connectivity index (χ1v) is 13.5. The Morgan fingerprint density at radius 1 is 1.06 bits per heavy atom. The van der Waals surface area contributed by atoms with Crippen molar-refractivity contribution < 1.29 is 14.7 Å². The van der Waals surface area contributed by atoms with Crippen molar-refractivity contribution in [2.24, 2.45) is 11.8 Å². The zero-order valence-electron chi connectivity index (χ0n) is 20.9. The fraction of sp³-hybridized carbons (Fsp3) is 0.500. The lowest BCUT2D eigenvalue weighted by Gasteiger charge is -2.45. The van der Waals surface area contributed by atoms with Gasteiger partial charge in [0.05, 0.1) is 12.5 Å². The van der Waals surface area contributed by atoms with Crippen LogP contribution in [0.1, 0.15) is 64.1 Å². The molecule has 0 bridgehead atoms. The van der Waals surface area contributed by atoms with E-state index in [2.05, 4.69) is 46.8 Å². The number of rotatable bonds is 8. The van der Waals surface area contributed by atoms with E-state index in [1.54, 1.807) is 0 Å². The molecule has 1 fully saturated rings. The predicted molar refractivity (Wildman–Crippen MR) is 143 cm³/mol. The molecule has 1 aliphatic rings. The second kappa shape index (κ2) is 13.8. The highest BCUT2D eigenvalue weighted by molar-refractivity contribution is 7.99. The number of aliphatic carboxylic acids is 1. The van der Waals surface area contributed by atoms with E-state index < -0.39 is 11.9 Å². The van der Waals surface area contributed by atoms with E-state index >= 15 is 0 Å². The molecule has 186 valence electrons. The van der Waals surface area contributed by atoms with Crippen LogP contribution in [0.15, 0.2) is 54.6 Å². The Kier molecular flexibility index (Phi) is 11.5. The van der Waals surface area contributed by atoms with Crippen molar-refractivity contribution in [3.05, 3.63) is 70.7 Å². The number of carboxylic acid groups (broad SMARTS) is 1. The minimum Gasteiger partial charge on any atom is -0.481 e. The fourth-order valence-electron chi connectivity index (χ4n) is 4.21. The number of carbonyl (C=O) groups is 2. The van der Waals surface area contributed by atoms with Gasteiger partial charge in [0.2, 0.25) is 5.91 Å². The standard InChI is InChI=1S/C21H30ClNO3S.C7H8/c1-13(2)19(12-27-14(3)4)23-18(15-5-8-17(22)9-6-15)10-7-16(21(23)26)11-20(24)25;1-7-5-3-2-4-6-7/h5-6,8-9,13-14,16,18-19H,7,10-12H2,1-4H3,(H,24,25);2-6H,1H3. The molecular formula is C28H38ClNO3S. The van der Waals surface area contributed by atoms with Crippen LogP contribution in [0.25, 0.3) is 0 Å². The summed E-state index contributed by atoms with van der Waals surface area (Å²) in [5.41, 5.74) is 2.39. The van der Waals surface area contributed by atoms with Gasteiger partial charge in [0.25, 0.3) is 0 Å². The SMILES string of the molecule is CC(C)SCC(C(C)C)N1C(=O)C(CC(=O)O)CCC1c1ccc(Cl)cc1.Cc1ccccc1. The van der Waals surface area contributed by atoms with Crippen LogP contribution in [0.5, 0.6) is 0 Å². The Labute approximate surface area is 214 Å². The molecule has 1 N–H and O–H groups in total. The van der Waals surface area contributed by atoms with Crippen molar-refractivity contribution in [3.63, 3.8) is 0 Å². The zero-order valence-corrected chi connectivity index (χ0v) is 22.5. The Morgan fingerprint density at radius 3 is 2.15 bits per heavy atom. The Hall–Kier alpha value is -1.98. The van der Waals surface area contributed by atoms with Crippen LogP contribution in [0.2, 0.25) is 5.02 Å². The van der Waals surface area contributed by atoms with Crippen molar-refractivity contribution >= 4 is 35.2 Å². The third kappa shape index (κ3) is 8.66. The van der Waals surface area contributed by atoms with Crippen LogP contribution in [-0.4, -0.2) is 38.9 Å². The largest absolute Gasteiger partial charge is 0.481 e. The maximum Gasteiger partial charge on any atom is 0.304 e. The molecule has 0 aliphatic carbocycles. The quantitative estimate of drug-likeness (QED) is 0.412. The van der Waals surface area contributed by atoms with Crippen LogP contribution < -0.4 is 0 Å². The molecule has 2 aromatic rings. The van der Waals surface area contributed by atoms with Gasteiger partial charge in [0.1, 0.15) is 0 Å². The second-order valence-corrected chi connectivity index (χ2v) is 11.6. The average Bonchev–Trinajstić information content (AvgIpc) is 2.77. The summed E-state index contributed by atoms with van der Waals surface area (Å²) in [5.74, 6) is -0.220. The van der Waals surface area contributed by atoms with Crippen LogP contribution >= 0.6 is 23.4 Å². The molecule has 6 heteroatoms. The fourth-order valence-corrected chi connectivity index (χ4v) is 5.47. The molecule has 1 amide bonds. The van der Waals surface area contributed by atoms with E-state index in [1.807, 2.05) is 59.1 Å². The van der Waals surface area contributed by atoms with Gasteiger partial charge in [0, 0.05) is 22.7 Å². The van der Waals surface area contributed by atoms with Gasteiger partial charge < -0.3 is 10.0 Å². The number of hydrogen-bond acceptors (Lipinski definition) is 3. The van der Waals surface area contributed by atoms with Gasteiger partial charge in [0.15, 0.2) is 0 Å². The molecule has 1 heterocycles. The van der Waals surface area contributed by atoms with Crippen LogP contribution in [-0.2, 0) is 9.59 Å². The number of carbonyl (C=O) groups excluding carboxylic acids is 1. The first kappa shape index (κ1) is 28.3. The molecular weight excluding hydrogens is 466 g/mol. The number of halogens is 1. The monoisotopic (exact) mass is 503 g/mol. The number of piperidine rings is 1. The number of benzene rings is 2. The summed E-state index contributed by atoms with van der Waals surface area (Å²) >= 11 is 7.89. The van der Waals surface area contributed by atoms with Crippen molar-refractivity contribution in [1.29, 1.82) is 0 Å². The van der Waals surface area contributed by atoms with E-state index in [0.29, 0.717) is 22.6 Å². The van der Waals surface area contributed by atoms with Crippen molar-refractivity contribution in [2.75, 3.05) is 5.75 Å². The smallest absolute Gasteiger partial charge is 0.304 e. The highest BCUT2D eigenvalue weighted by Gasteiger charge is 2.41. The Bertz CT molecular complexity index is 902. The molecule has 0 saturated carbocycles. The highest BCUT2D eigenvalue weighted by atomic mass is 35.5. The number of aryl methyl sites for hydroxylation is 1. The van der Waals surface area contributed by atoms with E-state index in [1.165, 1.54) is 5.56 Å². The maximum atomic E-state index is 13.3. The molecule has 2 aromatic carbocycles. The summed E-state index contributed by atoms with van der Waals surface area (Å²) in [4.78, 5) is 26.6. The molecule has 3 atom stereocenters. The van der Waals surface area contributed by atoms with Gasteiger partial charge in [-0.05, 0) is 48.6 Å². The molecule has 0 radical (unpaired) electrons. The maximum absolute atomic E-state index is 13.3. The number of carboxylic acids is 1. The lowest BCUT2D eigenvalue weighted by Crippen LogP contribution is -2.52. The van der Waals surface area contributed by atoms with E-state index in [0.717, 1.165) is 17.7 Å². The summed E-state index contributed by atoms with van der Waals surface area (Å²) in [7, 11) is 0. The van der Waals surface area contributed by atoms with E-state index in [-0.39, 0.29) is 24.4 Å².